The molecule has 2 rings (SSSR count). The maximum Gasteiger partial charge on any atom is 0.261 e. The van der Waals surface area contributed by atoms with Gasteiger partial charge in [-0.25, -0.2) is 0 Å². The first-order valence-electron chi connectivity index (χ1n) is 6.28. The van der Waals surface area contributed by atoms with E-state index < -0.39 is 0 Å². The molecule has 4 nitrogen and oxygen atoms in total. The molecule has 0 spiro atoms. The van der Waals surface area contributed by atoms with Crippen LogP contribution in [0, 0.1) is 0 Å². The summed E-state index contributed by atoms with van der Waals surface area (Å²) in [5.41, 5.74) is 0.881. The van der Waals surface area contributed by atoms with Gasteiger partial charge in [-0.1, -0.05) is 24.8 Å². The lowest BCUT2D eigenvalue weighted by Crippen LogP contribution is -2.49. The van der Waals surface area contributed by atoms with E-state index in [1.165, 1.54) is 11.0 Å². The minimum atomic E-state index is -0.211. The quantitative estimate of drug-likeness (QED) is 0.760. The Kier molecular flexibility index (Phi) is 3.77. The van der Waals surface area contributed by atoms with E-state index in [1.54, 1.807) is 12.2 Å². The summed E-state index contributed by atoms with van der Waals surface area (Å²) >= 11 is 0. The van der Waals surface area contributed by atoms with Gasteiger partial charge in [-0.15, -0.1) is 0 Å². The summed E-state index contributed by atoms with van der Waals surface area (Å²) in [5.74, 6) is -0.404. The fourth-order valence-electron chi connectivity index (χ4n) is 2.49. The van der Waals surface area contributed by atoms with Crippen molar-refractivity contribution in [1.29, 1.82) is 0 Å². The number of hydrogen-bond donors (Lipinski definition) is 1. The monoisotopic (exact) mass is 246 g/mol. The van der Waals surface area contributed by atoms with Crippen molar-refractivity contribution in [3.05, 3.63) is 36.0 Å². The first kappa shape index (κ1) is 12.8. The lowest BCUT2D eigenvalue weighted by atomic mass is 10.1. The molecule has 0 bridgehead atoms. The fourth-order valence-corrected chi connectivity index (χ4v) is 2.49. The van der Waals surface area contributed by atoms with Crippen molar-refractivity contribution in [2.75, 3.05) is 13.1 Å². The predicted octanol–water partition coefficient (Wildman–Crippen LogP) is 1.17. The summed E-state index contributed by atoms with van der Waals surface area (Å²) in [4.78, 5) is 25.9. The van der Waals surface area contributed by atoms with Gasteiger partial charge in [-0.3, -0.25) is 14.5 Å². The molecule has 0 radical (unpaired) electrons. The van der Waals surface area contributed by atoms with E-state index in [1.807, 2.05) is 6.92 Å². The third-order valence-corrected chi connectivity index (χ3v) is 3.36. The molecule has 0 saturated carbocycles. The van der Waals surface area contributed by atoms with Crippen LogP contribution in [0.1, 0.15) is 19.8 Å². The highest BCUT2D eigenvalue weighted by Crippen LogP contribution is 2.26. The van der Waals surface area contributed by atoms with Crippen molar-refractivity contribution in [2.45, 2.75) is 25.8 Å². The molecule has 2 heterocycles. The maximum absolute atomic E-state index is 12.3. The zero-order chi connectivity index (χ0) is 13.1. The summed E-state index contributed by atoms with van der Waals surface area (Å²) in [7, 11) is 0. The number of allylic oxidation sites excluding steroid dienone is 1. The molecule has 2 amide bonds. The van der Waals surface area contributed by atoms with Crippen molar-refractivity contribution < 1.29 is 9.59 Å². The number of amides is 2. The summed E-state index contributed by atoms with van der Waals surface area (Å²) in [6, 6.07) is -0.0311. The Morgan fingerprint density at radius 1 is 1.33 bits per heavy atom. The van der Waals surface area contributed by atoms with E-state index in [0.29, 0.717) is 17.7 Å². The van der Waals surface area contributed by atoms with Crippen LogP contribution in [0.4, 0.5) is 0 Å². The van der Waals surface area contributed by atoms with E-state index >= 15 is 0 Å². The smallest absolute Gasteiger partial charge is 0.261 e. The summed E-state index contributed by atoms with van der Waals surface area (Å²) < 4.78 is 0. The second kappa shape index (κ2) is 5.31. The van der Waals surface area contributed by atoms with Crippen LogP contribution in [0.15, 0.2) is 36.0 Å². The minimum absolute atomic E-state index is 0.0311. The van der Waals surface area contributed by atoms with Crippen LogP contribution in [0.5, 0.6) is 0 Å². The number of nitrogens with zero attached hydrogens (tertiary/aromatic N) is 1. The zero-order valence-corrected chi connectivity index (χ0v) is 10.6. The third kappa shape index (κ3) is 2.04. The van der Waals surface area contributed by atoms with Gasteiger partial charge in [0.05, 0.1) is 17.2 Å². The van der Waals surface area contributed by atoms with Crippen LogP contribution in [-0.2, 0) is 9.59 Å². The average molecular weight is 246 g/mol. The fraction of sp³-hybridized carbons (Fsp3) is 0.429. The third-order valence-electron chi connectivity index (χ3n) is 3.36. The Hall–Kier alpha value is -1.68. The minimum Gasteiger partial charge on any atom is -0.315 e. The van der Waals surface area contributed by atoms with E-state index in [2.05, 4.69) is 11.9 Å². The van der Waals surface area contributed by atoms with E-state index in [-0.39, 0.29) is 17.9 Å². The lowest BCUT2D eigenvalue weighted by Gasteiger charge is -2.30. The summed E-state index contributed by atoms with van der Waals surface area (Å²) in [6.45, 7) is 7.10. The SMILES string of the molecule is C=CC1=C(/C=C\C)C(=O)N([C@H]2CCCNC2)C1=O. The van der Waals surface area contributed by atoms with Crippen molar-refractivity contribution in [2.24, 2.45) is 0 Å². The maximum atomic E-state index is 12.3. The van der Waals surface area contributed by atoms with Crippen LogP contribution >= 0.6 is 0 Å². The molecule has 96 valence electrons. The number of piperidine rings is 1. The van der Waals surface area contributed by atoms with Gasteiger partial charge in [-0.2, -0.15) is 0 Å². The van der Waals surface area contributed by atoms with Gasteiger partial charge in [0, 0.05) is 6.54 Å². The first-order valence-corrected chi connectivity index (χ1v) is 6.28. The first-order chi connectivity index (χ1) is 8.70. The highest BCUT2D eigenvalue weighted by Gasteiger charge is 2.40. The Labute approximate surface area is 107 Å². The van der Waals surface area contributed by atoms with Crippen molar-refractivity contribution in [1.82, 2.24) is 10.2 Å². The molecule has 4 heteroatoms. The van der Waals surface area contributed by atoms with Gasteiger partial charge in [0.2, 0.25) is 0 Å². The molecule has 0 unspecified atom stereocenters. The number of hydrogen-bond acceptors (Lipinski definition) is 3. The van der Waals surface area contributed by atoms with E-state index in [0.717, 1.165) is 19.4 Å². The highest BCUT2D eigenvalue weighted by molar-refractivity contribution is 6.22. The number of nitrogens with one attached hydrogen (secondary N) is 1. The molecule has 1 fully saturated rings. The molecule has 0 aromatic heterocycles. The van der Waals surface area contributed by atoms with Gasteiger partial charge in [0.15, 0.2) is 0 Å². The zero-order valence-electron chi connectivity index (χ0n) is 10.6. The molecule has 2 aliphatic rings. The number of carbonyl (C=O) groups is 2. The molecule has 0 aromatic rings. The van der Waals surface area contributed by atoms with Crippen LogP contribution in [-0.4, -0.2) is 35.8 Å². The molecular weight excluding hydrogens is 228 g/mol. The molecular formula is C14H18N2O2. The van der Waals surface area contributed by atoms with Crippen molar-refractivity contribution in [3.8, 4) is 0 Å². The van der Waals surface area contributed by atoms with Crippen LogP contribution in [0.3, 0.4) is 0 Å². The standard InChI is InChI=1S/C14H18N2O2/c1-3-6-12-11(4-2)13(17)16(14(12)18)10-7-5-8-15-9-10/h3-4,6,10,15H,2,5,7-9H2,1H3/b6-3-/t10-/m0/s1. The Balaban J connectivity index is 2.29. The van der Waals surface area contributed by atoms with Crippen LogP contribution < -0.4 is 5.32 Å². The molecule has 1 saturated heterocycles. The van der Waals surface area contributed by atoms with E-state index in [4.69, 9.17) is 0 Å². The number of carbonyl (C=O) groups excluding carboxylic acids is 2. The Bertz CT molecular complexity index is 443. The predicted molar refractivity (Wildman–Crippen MR) is 69.8 cm³/mol. The normalized spacial score (nSPS) is 25.4. The van der Waals surface area contributed by atoms with Gasteiger partial charge in [0.1, 0.15) is 0 Å². The summed E-state index contributed by atoms with van der Waals surface area (Å²) in [5, 5.41) is 3.22. The lowest BCUT2D eigenvalue weighted by molar-refractivity contribution is -0.140. The number of imide groups is 1. The van der Waals surface area contributed by atoms with Crippen molar-refractivity contribution >= 4 is 11.8 Å². The molecule has 0 aromatic carbocycles. The van der Waals surface area contributed by atoms with Gasteiger partial charge >= 0.3 is 0 Å². The molecule has 18 heavy (non-hydrogen) atoms. The second-order valence-electron chi connectivity index (χ2n) is 4.51. The average Bonchev–Trinajstić information content (AvgIpc) is 2.62. The number of rotatable bonds is 3. The Morgan fingerprint density at radius 3 is 2.61 bits per heavy atom. The molecule has 2 aliphatic heterocycles. The largest absolute Gasteiger partial charge is 0.315 e. The highest BCUT2D eigenvalue weighted by atomic mass is 16.2. The van der Waals surface area contributed by atoms with Crippen LogP contribution in [0.2, 0.25) is 0 Å². The van der Waals surface area contributed by atoms with Crippen molar-refractivity contribution in [3.63, 3.8) is 0 Å². The molecule has 0 aliphatic carbocycles. The van der Waals surface area contributed by atoms with Gasteiger partial charge in [-0.05, 0) is 26.3 Å². The molecule has 1 atom stereocenters. The van der Waals surface area contributed by atoms with Crippen LogP contribution in [0.25, 0.3) is 0 Å². The Morgan fingerprint density at radius 2 is 2.06 bits per heavy atom. The van der Waals surface area contributed by atoms with Gasteiger partial charge in [0.25, 0.3) is 11.8 Å². The second-order valence-corrected chi connectivity index (χ2v) is 4.51. The summed E-state index contributed by atoms with van der Waals surface area (Å²) in [6.07, 6.45) is 6.80. The van der Waals surface area contributed by atoms with Gasteiger partial charge < -0.3 is 5.32 Å². The topological polar surface area (TPSA) is 49.4 Å². The van der Waals surface area contributed by atoms with E-state index in [9.17, 15) is 9.59 Å². The molecule has 1 N–H and O–H groups in total.